The molecule has 1 aromatic carbocycles. The van der Waals surface area contributed by atoms with Crippen LogP contribution >= 0.6 is 11.8 Å². The Morgan fingerprint density at radius 3 is 2.54 bits per heavy atom. The molecule has 0 aliphatic carbocycles. The van der Waals surface area contributed by atoms with Gasteiger partial charge in [0.15, 0.2) is 5.78 Å². The van der Waals surface area contributed by atoms with Crippen LogP contribution in [0.5, 0.6) is 0 Å². The van der Waals surface area contributed by atoms with Gasteiger partial charge in [0.25, 0.3) is 0 Å². The van der Waals surface area contributed by atoms with Gasteiger partial charge < -0.3 is 4.74 Å². The number of benzene rings is 1. The molecule has 0 N–H and O–H groups in total. The van der Waals surface area contributed by atoms with E-state index in [0.717, 1.165) is 37.9 Å². The van der Waals surface area contributed by atoms with Crippen LogP contribution in [0.15, 0.2) is 41.8 Å². The predicted molar refractivity (Wildman–Crippen MR) is 102 cm³/mol. The standard InChI is InChI=1S/C20H29NO2S/c1-4-6-12-20(11-5-2,21-13-15-23-16-14-21)19(22)17-7-9-18(24-3)10-8-17/h5,7-10H,2,4,6,11-16H2,1,3H3. The number of thioether (sulfide) groups is 1. The van der Waals surface area contributed by atoms with Gasteiger partial charge in [-0.2, -0.15) is 0 Å². The SMILES string of the molecule is C=CCC(CCCC)(C(=O)c1ccc(SC)cc1)N1CCOCC1. The first-order valence-corrected chi connectivity index (χ1v) is 10.0. The lowest BCUT2D eigenvalue weighted by atomic mass is 9.79. The maximum Gasteiger partial charge on any atom is 0.183 e. The number of rotatable bonds is 9. The zero-order valence-electron chi connectivity index (χ0n) is 14.9. The van der Waals surface area contributed by atoms with Gasteiger partial charge in [0, 0.05) is 23.5 Å². The lowest BCUT2D eigenvalue weighted by molar-refractivity contribution is -0.0175. The molecular weight excluding hydrogens is 318 g/mol. The third-order valence-corrected chi connectivity index (χ3v) is 5.56. The van der Waals surface area contributed by atoms with Gasteiger partial charge >= 0.3 is 0 Å². The maximum atomic E-state index is 13.5. The van der Waals surface area contributed by atoms with Crippen molar-refractivity contribution in [2.75, 3.05) is 32.6 Å². The smallest absolute Gasteiger partial charge is 0.183 e. The summed E-state index contributed by atoms with van der Waals surface area (Å²) in [6.07, 6.45) is 7.64. The van der Waals surface area contributed by atoms with E-state index in [9.17, 15) is 4.79 Å². The summed E-state index contributed by atoms with van der Waals surface area (Å²) in [5.74, 6) is 0.227. The Balaban J connectivity index is 2.36. The Bertz CT molecular complexity index is 537. The van der Waals surface area contributed by atoms with E-state index in [0.29, 0.717) is 19.6 Å². The maximum absolute atomic E-state index is 13.5. The van der Waals surface area contributed by atoms with Crippen molar-refractivity contribution in [1.29, 1.82) is 0 Å². The monoisotopic (exact) mass is 347 g/mol. The molecule has 0 aromatic heterocycles. The zero-order chi connectivity index (χ0) is 17.4. The van der Waals surface area contributed by atoms with Crippen LogP contribution in [-0.4, -0.2) is 48.8 Å². The summed E-state index contributed by atoms with van der Waals surface area (Å²) >= 11 is 1.69. The molecule has 132 valence electrons. The first-order valence-electron chi connectivity index (χ1n) is 8.80. The molecule has 0 amide bonds. The molecular formula is C20H29NO2S. The van der Waals surface area contributed by atoms with Crippen LogP contribution in [-0.2, 0) is 4.74 Å². The lowest BCUT2D eigenvalue weighted by Crippen LogP contribution is -2.58. The summed E-state index contributed by atoms with van der Waals surface area (Å²) in [7, 11) is 0. The molecule has 1 aromatic rings. The summed E-state index contributed by atoms with van der Waals surface area (Å²) in [5.41, 5.74) is 0.319. The van der Waals surface area contributed by atoms with Crippen molar-refractivity contribution in [1.82, 2.24) is 4.90 Å². The first kappa shape index (κ1) is 19.2. The zero-order valence-corrected chi connectivity index (χ0v) is 15.7. The number of hydrogen-bond donors (Lipinski definition) is 0. The Hall–Kier alpha value is -1.10. The van der Waals surface area contributed by atoms with E-state index in [2.05, 4.69) is 18.4 Å². The fraction of sp³-hybridized carbons (Fsp3) is 0.550. The van der Waals surface area contributed by atoms with Gasteiger partial charge in [-0.15, -0.1) is 18.3 Å². The fourth-order valence-electron chi connectivity index (χ4n) is 3.45. The summed E-state index contributed by atoms with van der Waals surface area (Å²) < 4.78 is 5.51. The third kappa shape index (κ3) is 4.29. The van der Waals surface area contributed by atoms with E-state index in [1.807, 2.05) is 36.6 Å². The van der Waals surface area contributed by atoms with Gasteiger partial charge in [-0.1, -0.05) is 38.0 Å². The molecule has 0 radical (unpaired) electrons. The second-order valence-electron chi connectivity index (χ2n) is 6.28. The molecule has 0 saturated carbocycles. The van der Waals surface area contributed by atoms with E-state index in [1.165, 1.54) is 4.90 Å². The molecule has 0 spiro atoms. The van der Waals surface area contributed by atoms with Gasteiger partial charge in [0.1, 0.15) is 0 Å². The minimum atomic E-state index is -0.484. The van der Waals surface area contributed by atoms with Crippen LogP contribution in [0.4, 0.5) is 0 Å². The number of carbonyl (C=O) groups is 1. The molecule has 2 rings (SSSR count). The summed E-state index contributed by atoms with van der Waals surface area (Å²) in [5, 5.41) is 0. The van der Waals surface area contributed by atoms with Crippen molar-refractivity contribution in [2.24, 2.45) is 0 Å². The number of carbonyl (C=O) groups excluding carboxylic acids is 1. The van der Waals surface area contributed by atoms with Crippen molar-refractivity contribution in [3.8, 4) is 0 Å². The lowest BCUT2D eigenvalue weighted by Gasteiger charge is -2.44. The normalized spacial score (nSPS) is 18.1. The third-order valence-electron chi connectivity index (χ3n) is 4.82. The second-order valence-corrected chi connectivity index (χ2v) is 7.16. The van der Waals surface area contributed by atoms with Crippen LogP contribution < -0.4 is 0 Å². The highest BCUT2D eigenvalue weighted by Gasteiger charge is 2.43. The van der Waals surface area contributed by atoms with E-state index >= 15 is 0 Å². The highest BCUT2D eigenvalue weighted by molar-refractivity contribution is 7.98. The van der Waals surface area contributed by atoms with Crippen LogP contribution in [0.3, 0.4) is 0 Å². The van der Waals surface area contributed by atoms with Crippen molar-refractivity contribution in [3.05, 3.63) is 42.5 Å². The number of hydrogen-bond acceptors (Lipinski definition) is 4. The summed E-state index contributed by atoms with van der Waals surface area (Å²) in [4.78, 5) is 17.0. The van der Waals surface area contributed by atoms with Gasteiger partial charge in [0.2, 0.25) is 0 Å². The number of ketones is 1. The van der Waals surface area contributed by atoms with Gasteiger partial charge in [0.05, 0.1) is 18.8 Å². The van der Waals surface area contributed by atoms with Crippen molar-refractivity contribution < 1.29 is 9.53 Å². The van der Waals surface area contributed by atoms with Crippen molar-refractivity contribution in [3.63, 3.8) is 0 Å². The minimum Gasteiger partial charge on any atom is -0.379 e. The number of nitrogens with zero attached hydrogens (tertiary/aromatic N) is 1. The molecule has 1 atom stereocenters. The summed E-state index contributed by atoms with van der Waals surface area (Å²) in [6, 6.07) is 8.02. The molecule has 1 aliphatic rings. The van der Waals surface area contributed by atoms with Crippen molar-refractivity contribution in [2.45, 2.75) is 43.0 Å². The Labute approximate surface area is 150 Å². The quantitative estimate of drug-likeness (QED) is 0.375. The fourth-order valence-corrected chi connectivity index (χ4v) is 3.86. The van der Waals surface area contributed by atoms with Gasteiger partial charge in [-0.3, -0.25) is 9.69 Å². The predicted octanol–water partition coefficient (Wildman–Crippen LogP) is 4.43. The van der Waals surface area contributed by atoms with E-state index in [4.69, 9.17) is 4.74 Å². The van der Waals surface area contributed by atoms with Gasteiger partial charge in [-0.25, -0.2) is 0 Å². The van der Waals surface area contributed by atoms with Crippen LogP contribution in [0.1, 0.15) is 43.0 Å². The minimum absolute atomic E-state index is 0.227. The molecule has 1 heterocycles. The molecule has 4 heteroatoms. The highest BCUT2D eigenvalue weighted by Crippen LogP contribution is 2.32. The van der Waals surface area contributed by atoms with Crippen LogP contribution in [0, 0.1) is 0 Å². The summed E-state index contributed by atoms with van der Waals surface area (Å²) in [6.45, 7) is 9.13. The number of Topliss-reactive ketones (excluding diaryl/α,β-unsaturated/α-hetero) is 1. The topological polar surface area (TPSA) is 29.5 Å². The average Bonchev–Trinajstić information content (AvgIpc) is 2.65. The molecule has 3 nitrogen and oxygen atoms in total. The molecule has 1 unspecified atom stereocenters. The molecule has 24 heavy (non-hydrogen) atoms. The first-order chi connectivity index (χ1) is 11.7. The Kier molecular flexibility index (Phi) is 7.53. The molecule has 1 saturated heterocycles. The van der Waals surface area contributed by atoms with Gasteiger partial charge in [-0.05, 0) is 31.2 Å². The second kappa shape index (κ2) is 9.40. The average molecular weight is 348 g/mol. The van der Waals surface area contributed by atoms with Crippen LogP contribution in [0.25, 0.3) is 0 Å². The molecule has 1 aliphatic heterocycles. The number of morpholine rings is 1. The Morgan fingerprint density at radius 1 is 1.33 bits per heavy atom. The number of unbranched alkanes of at least 4 members (excludes halogenated alkanes) is 1. The largest absolute Gasteiger partial charge is 0.379 e. The van der Waals surface area contributed by atoms with E-state index < -0.39 is 5.54 Å². The van der Waals surface area contributed by atoms with Crippen LogP contribution in [0.2, 0.25) is 0 Å². The molecule has 0 bridgehead atoms. The molecule has 1 fully saturated rings. The van der Waals surface area contributed by atoms with E-state index in [1.54, 1.807) is 11.8 Å². The Morgan fingerprint density at radius 2 is 2.00 bits per heavy atom. The highest BCUT2D eigenvalue weighted by atomic mass is 32.2. The van der Waals surface area contributed by atoms with Crippen molar-refractivity contribution >= 4 is 17.5 Å². The number of ether oxygens (including phenoxy) is 1. The van der Waals surface area contributed by atoms with E-state index in [-0.39, 0.29) is 5.78 Å².